The van der Waals surface area contributed by atoms with Crippen LogP contribution in [0.3, 0.4) is 0 Å². The number of nitrogens with zero attached hydrogens (tertiary/aromatic N) is 1. The van der Waals surface area contributed by atoms with E-state index in [1.54, 1.807) is 4.90 Å². The maximum Gasteiger partial charge on any atom is 0.264 e. The fraction of sp³-hybridized carbons (Fsp3) is 0.400. The van der Waals surface area contributed by atoms with Gasteiger partial charge in [-0.05, 0) is 36.2 Å². The van der Waals surface area contributed by atoms with E-state index in [4.69, 9.17) is 4.18 Å². The zero-order valence-corrected chi connectivity index (χ0v) is 19.7. The number of piperidine rings is 1. The first kappa shape index (κ1) is 23.7. The first-order valence-electron chi connectivity index (χ1n) is 9.52. The maximum atomic E-state index is 13.3. The van der Waals surface area contributed by atoms with E-state index in [1.807, 2.05) is 30.3 Å². The largest absolute Gasteiger partial charge is 0.369 e. The molecule has 0 aliphatic carbocycles. The summed E-state index contributed by atoms with van der Waals surface area (Å²) in [4.78, 5) is 1.86. The molecule has 0 saturated carbocycles. The Morgan fingerprint density at radius 1 is 0.839 bits per heavy atom. The summed E-state index contributed by atoms with van der Waals surface area (Å²) < 4.78 is 78.2. The van der Waals surface area contributed by atoms with Gasteiger partial charge in [0.1, 0.15) is 0 Å². The molecule has 3 rings (SSSR count). The van der Waals surface area contributed by atoms with Crippen LogP contribution in [0.15, 0.2) is 59.5 Å². The van der Waals surface area contributed by atoms with Crippen molar-refractivity contribution in [3.05, 3.63) is 60.2 Å². The summed E-state index contributed by atoms with van der Waals surface area (Å²) in [5.41, 5.74) is 1.28. The second kappa shape index (κ2) is 8.89. The molecule has 11 heteroatoms. The van der Waals surface area contributed by atoms with E-state index in [9.17, 15) is 25.3 Å². The van der Waals surface area contributed by atoms with Crippen molar-refractivity contribution in [2.75, 3.05) is 30.5 Å². The zero-order chi connectivity index (χ0) is 22.9. The SMILES string of the molecule is CS(=O)(=O)OCc1ccc(S(=O)(=O)C2CC(S(C)(=O)=O)CN(c3ccccc3)C2)cc1. The van der Waals surface area contributed by atoms with Crippen LogP contribution in [0.25, 0.3) is 0 Å². The third kappa shape index (κ3) is 6.06. The highest BCUT2D eigenvalue weighted by molar-refractivity contribution is 7.92. The third-order valence-electron chi connectivity index (χ3n) is 5.23. The molecule has 2 unspecified atom stereocenters. The number of anilines is 1. The Labute approximate surface area is 183 Å². The monoisotopic (exact) mass is 487 g/mol. The summed E-state index contributed by atoms with van der Waals surface area (Å²) in [5, 5.41) is -1.71. The number of sulfone groups is 2. The molecule has 0 N–H and O–H groups in total. The van der Waals surface area contributed by atoms with Crippen molar-refractivity contribution in [1.29, 1.82) is 0 Å². The number of benzene rings is 2. The van der Waals surface area contributed by atoms with Gasteiger partial charge in [-0.1, -0.05) is 30.3 Å². The highest BCUT2D eigenvalue weighted by atomic mass is 32.2. The molecule has 8 nitrogen and oxygen atoms in total. The van der Waals surface area contributed by atoms with E-state index in [1.165, 1.54) is 24.3 Å². The highest BCUT2D eigenvalue weighted by Gasteiger charge is 2.40. The number of hydrogen-bond acceptors (Lipinski definition) is 8. The van der Waals surface area contributed by atoms with Crippen LogP contribution in [0.4, 0.5) is 5.69 Å². The molecule has 1 aliphatic heterocycles. The molecule has 0 amide bonds. The summed E-state index contributed by atoms with van der Waals surface area (Å²) in [6, 6.07) is 14.9. The molecular formula is C20H25NO7S3. The van der Waals surface area contributed by atoms with Gasteiger partial charge in [0.2, 0.25) is 0 Å². The van der Waals surface area contributed by atoms with Crippen LogP contribution in [0.2, 0.25) is 0 Å². The van der Waals surface area contributed by atoms with Crippen molar-refractivity contribution in [3.63, 3.8) is 0 Å². The fourth-order valence-electron chi connectivity index (χ4n) is 3.54. The lowest BCUT2D eigenvalue weighted by Gasteiger charge is -2.38. The molecule has 1 aliphatic rings. The van der Waals surface area contributed by atoms with Crippen molar-refractivity contribution in [2.45, 2.75) is 28.4 Å². The van der Waals surface area contributed by atoms with Crippen LogP contribution in [-0.4, -0.2) is 61.4 Å². The molecule has 0 radical (unpaired) electrons. The predicted molar refractivity (Wildman–Crippen MR) is 119 cm³/mol. The van der Waals surface area contributed by atoms with Gasteiger partial charge in [0.05, 0.1) is 28.3 Å². The van der Waals surface area contributed by atoms with E-state index in [0.29, 0.717) is 5.56 Å². The molecule has 2 aromatic rings. The molecule has 0 bridgehead atoms. The highest BCUT2D eigenvalue weighted by Crippen LogP contribution is 2.30. The maximum absolute atomic E-state index is 13.3. The first-order valence-corrected chi connectivity index (χ1v) is 14.8. The lowest BCUT2D eigenvalue weighted by atomic mass is 10.1. The summed E-state index contributed by atoms with van der Waals surface area (Å²) >= 11 is 0. The number of hydrogen-bond donors (Lipinski definition) is 0. The Morgan fingerprint density at radius 3 is 1.97 bits per heavy atom. The fourth-order valence-corrected chi connectivity index (χ4v) is 6.80. The van der Waals surface area contributed by atoms with E-state index < -0.39 is 40.3 Å². The Kier molecular flexibility index (Phi) is 6.80. The van der Waals surface area contributed by atoms with Crippen molar-refractivity contribution in [1.82, 2.24) is 0 Å². The van der Waals surface area contributed by atoms with Gasteiger partial charge in [-0.3, -0.25) is 4.18 Å². The topological polar surface area (TPSA) is 115 Å². The Balaban J connectivity index is 1.87. The van der Waals surface area contributed by atoms with Crippen LogP contribution in [0.1, 0.15) is 12.0 Å². The average molecular weight is 488 g/mol. The van der Waals surface area contributed by atoms with Crippen molar-refractivity contribution < 1.29 is 29.4 Å². The molecule has 2 aromatic carbocycles. The van der Waals surface area contributed by atoms with Gasteiger partial charge < -0.3 is 4.90 Å². The molecule has 31 heavy (non-hydrogen) atoms. The van der Waals surface area contributed by atoms with Gasteiger partial charge in [0.15, 0.2) is 19.7 Å². The summed E-state index contributed by atoms with van der Waals surface area (Å²) in [6.07, 6.45) is 2.08. The van der Waals surface area contributed by atoms with Crippen molar-refractivity contribution in [2.24, 2.45) is 0 Å². The summed E-state index contributed by atoms with van der Waals surface area (Å²) in [6.45, 7) is 0.217. The van der Waals surface area contributed by atoms with E-state index in [0.717, 1.165) is 18.2 Å². The average Bonchev–Trinajstić information content (AvgIpc) is 2.72. The lowest BCUT2D eigenvalue weighted by Crippen LogP contribution is -2.51. The predicted octanol–water partition coefficient (Wildman–Crippen LogP) is 1.63. The van der Waals surface area contributed by atoms with Crippen molar-refractivity contribution in [3.8, 4) is 0 Å². The van der Waals surface area contributed by atoms with Gasteiger partial charge in [0, 0.05) is 25.0 Å². The molecule has 170 valence electrons. The second-order valence-electron chi connectivity index (χ2n) is 7.71. The van der Waals surface area contributed by atoms with Crippen LogP contribution >= 0.6 is 0 Å². The van der Waals surface area contributed by atoms with Crippen LogP contribution in [0, 0.1) is 0 Å². The molecule has 1 heterocycles. The van der Waals surface area contributed by atoms with E-state index >= 15 is 0 Å². The quantitative estimate of drug-likeness (QED) is 0.541. The van der Waals surface area contributed by atoms with Gasteiger partial charge >= 0.3 is 0 Å². The summed E-state index contributed by atoms with van der Waals surface area (Å²) in [7, 11) is -10.9. The smallest absolute Gasteiger partial charge is 0.264 e. The van der Waals surface area contributed by atoms with E-state index in [-0.39, 0.29) is 31.0 Å². The van der Waals surface area contributed by atoms with Crippen LogP contribution < -0.4 is 4.90 Å². The lowest BCUT2D eigenvalue weighted by molar-refractivity contribution is 0.311. The van der Waals surface area contributed by atoms with Gasteiger partial charge in [0.25, 0.3) is 10.1 Å². The van der Waals surface area contributed by atoms with Gasteiger partial charge in [-0.2, -0.15) is 8.42 Å². The van der Waals surface area contributed by atoms with Crippen LogP contribution in [0.5, 0.6) is 0 Å². The molecular weight excluding hydrogens is 462 g/mol. The molecule has 1 saturated heterocycles. The van der Waals surface area contributed by atoms with Gasteiger partial charge in [-0.15, -0.1) is 0 Å². The molecule has 1 fully saturated rings. The van der Waals surface area contributed by atoms with E-state index in [2.05, 4.69) is 0 Å². The van der Waals surface area contributed by atoms with Gasteiger partial charge in [-0.25, -0.2) is 16.8 Å². The minimum Gasteiger partial charge on any atom is -0.369 e. The zero-order valence-electron chi connectivity index (χ0n) is 17.2. The second-order valence-corrected chi connectivity index (χ2v) is 13.9. The Hall–Kier alpha value is -1.95. The number of para-hydroxylation sites is 1. The minimum atomic E-state index is -3.82. The third-order valence-corrected chi connectivity index (χ3v) is 9.48. The Bertz CT molecular complexity index is 1220. The normalized spacial score (nSPS) is 20.5. The first-order chi connectivity index (χ1) is 14.4. The van der Waals surface area contributed by atoms with Crippen molar-refractivity contribution >= 4 is 35.5 Å². The minimum absolute atomic E-state index is 0.0173. The summed E-state index contributed by atoms with van der Waals surface area (Å²) in [5.74, 6) is 0. The molecule has 2 atom stereocenters. The standard InChI is InChI=1S/C20H25NO7S3/c1-29(22,23)19-12-20(14-21(13-19)17-6-4-3-5-7-17)31(26,27)18-10-8-16(9-11-18)15-28-30(2,24)25/h3-11,19-20H,12-15H2,1-2H3. The molecule has 0 spiro atoms. The van der Waals surface area contributed by atoms with Crippen LogP contribution in [-0.2, 0) is 40.6 Å². The molecule has 0 aromatic heterocycles. The Morgan fingerprint density at radius 2 is 1.42 bits per heavy atom. The number of rotatable bonds is 7.